The maximum absolute atomic E-state index is 14.6. The minimum absolute atomic E-state index is 0.0499. The second kappa shape index (κ2) is 8.57. The van der Waals surface area contributed by atoms with Gasteiger partial charge in [0.05, 0.1) is 12.0 Å². The van der Waals surface area contributed by atoms with Gasteiger partial charge in [0.1, 0.15) is 11.6 Å². The number of benzene rings is 1. The topological polar surface area (TPSA) is 90.5 Å². The number of hydrogen-bond donors (Lipinski definition) is 3. The molecule has 2 aliphatic rings. The minimum atomic E-state index is -1.01. The van der Waals surface area contributed by atoms with Crippen molar-refractivity contribution in [3.63, 3.8) is 0 Å². The first-order valence-corrected chi connectivity index (χ1v) is 10.2. The van der Waals surface area contributed by atoms with Gasteiger partial charge in [0.25, 0.3) is 0 Å². The first-order valence-electron chi connectivity index (χ1n) is 10.2. The van der Waals surface area contributed by atoms with E-state index in [1.54, 1.807) is 4.90 Å². The van der Waals surface area contributed by atoms with Gasteiger partial charge in [-0.2, -0.15) is 0 Å². The highest BCUT2D eigenvalue weighted by molar-refractivity contribution is 6.01. The average molecular weight is 422 g/mol. The molecule has 164 valence electrons. The summed E-state index contributed by atoms with van der Waals surface area (Å²) in [5.41, 5.74) is 0.179. The predicted octanol–water partition coefficient (Wildman–Crippen LogP) is 2.41. The Balaban J connectivity index is 1.54. The average Bonchev–Trinajstić information content (AvgIpc) is 2.57. The molecule has 30 heavy (non-hydrogen) atoms. The van der Waals surface area contributed by atoms with Gasteiger partial charge in [-0.25, -0.2) is 13.6 Å². The van der Waals surface area contributed by atoms with Crippen LogP contribution in [0.1, 0.15) is 51.5 Å². The number of piperidine rings is 1. The number of nitrogens with zero attached hydrogens (tertiary/aromatic N) is 1. The van der Waals surface area contributed by atoms with Crippen LogP contribution < -0.4 is 20.9 Å². The van der Waals surface area contributed by atoms with Crippen molar-refractivity contribution >= 4 is 23.5 Å². The number of carbonyl (C=O) groups is 3. The van der Waals surface area contributed by atoms with Gasteiger partial charge in [-0.15, -0.1) is 0 Å². The number of halogens is 2. The van der Waals surface area contributed by atoms with Crippen molar-refractivity contribution in [1.29, 1.82) is 0 Å². The van der Waals surface area contributed by atoms with E-state index < -0.39 is 29.4 Å². The normalized spacial score (nSPS) is 19.9. The maximum Gasteiger partial charge on any atom is 0.315 e. The van der Waals surface area contributed by atoms with Gasteiger partial charge >= 0.3 is 6.03 Å². The molecular weight excluding hydrogens is 394 g/mol. The van der Waals surface area contributed by atoms with Crippen LogP contribution in [0, 0.1) is 17.0 Å². The molecule has 0 bridgehead atoms. The Morgan fingerprint density at radius 3 is 2.40 bits per heavy atom. The highest BCUT2D eigenvalue weighted by Gasteiger charge is 2.34. The molecule has 1 aromatic carbocycles. The van der Waals surface area contributed by atoms with Crippen LogP contribution in [0.25, 0.3) is 0 Å². The van der Waals surface area contributed by atoms with Gasteiger partial charge in [-0.05, 0) is 30.4 Å². The minimum Gasteiger partial charge on any atom is -0.367 e. The van der Waals surface area contributed by atoms with Crippen molar-refractivity contribution < 1.29 is 23.2 Å². The zero-order chi connectivity index (χ0) is 22.1. The number of hydrogen-bond acceptors (Lipinski definition) is 4. The zero-order valence-electron chi connectivity index (χ0n) is 17.5. The first kappa shape index (κ1) is 22.0. The van der Waals surface area contributed by atoms with Crippen LogP contribution in [0.2, 0.25) is 0 Å². The second-order valence-electron chi connectivity index (χ2n) is 9.14. The number of anilines is 1. The smallest absolute Gasteiger partial charge is 0.315 e. The van der Waals surface area contributed by atoms with Crippen LogP contribution in [0.3, 0.4) is 0 Å². The predicted molar refractivity (Wildman–Crippen MR) is 108 cm³/mol. The van der Waals surface area contributed by atoms with E-state index in [0.717, 1.165) is 6.42 Å². The third kappa shape index (κ3) is 5.25. The summed E-state index contributed by atoms with van der Waals surface area (Å²) < 4.78 is 29.2. The summed E-state index contributed by atoms with van der Waals surface area (Å²) in [6.45, 7) is 7.73. The molecule has 3 rings (SSSR count). The molecule has 0 radical (unpaired) electrons. The lowest BCUT2D eigenvalue weighted by Gasteiger charge is -2.41. The lowest BCUT2D eigenvalue weighted by molar-refractivity contribution is -0.134. The van der Waals surface area contributed by atoms with E-state index in [9.17, 15) is 23.2 Å². The Hall–Kier alpha value is -2.71. The maximum atomic E-state index is 14.6. The summed E-state index contributed by atoms with van der Waals surface area (Å²) in [7, 11) is 0. The van der Waals surface area contributed by atoms with Gasteiger partial charge in [0, 0.05) is 37.3 Å². The van der Waals surface area contributed by atoms with Crippen molar-refractivity contribution in [2.75, 3.05) is 24.5 Å². The zero-order valence-corrected chi connectivity index (χ0v) is 17.5. The highest BCUT2D eigenvalue weighted by Crippen LogP contribution is 2.33. The second-order valence-corrected chi connectivity index (χ2v) is 9.14. The summed E-state index contributed by atoms with van der Waals surface area (Å²) in [6, 6.07) is 2.03. The van der Waals surface area contributed by atoms with Crippen molar-refractivity contribution in [2.24, 2.45) is 5.41 Å². The number of rotatable bonds is 5. The fourth-order valence-electron chi connectivity index (χ4n) is 3.62. The Kier molecular flexibility index (Phi) is 6.28. The molecule has 9 heteroatoms. The summed E-state index contributed by atoms with van der Waals surface area (Å²) in [5, 5.41) is 7.77. The molecule has 1 unspecified atom stereocenters. The number of urea groups is 1. The van der Waals surface area contributed by atoms with Crippen LogP contribution in [0.5, 0.6) is 0 Å². The molecule has 2 heterocycles. The molecule has 4 amide bonds. The highest BCUT2D eigenvalue weighted by atomic mass is 19.1. The van der Waals surface area contributed by atoms with Gasteiger partial charge in [-0.1, -0.05) is 20.8 Å². The van der Waals surface area contributed by atoms with Gasteiger partial charge in [0.2, 0.25) is 11.8 Å². The summed E-state index contributed by atoms with van der Waals surface area (Å²) in [4.78, 5) is 36.9. The molecule has 2 fully saturated rings. The Morgan fingerprint density at radius 1 is 1.20 bits per heavy atom. The lowest BCUT2D eigenvalue weighted by atomic mass is 9.89. The van der Waals surface area contributed by atoms with Gasteiger partial charge in [-0.3, -0.25) is 14.9 Å². The quantitative estimate of drug-likeness (QED) is 0.636. The molecule has 3 N–H and O–H groups in total. The van der Waals surface area contributed by atoms with Crippen LogP contribution in [-0.4, -0.2) is 43.5 Å². The molecule has 0 aliphatic carbocycles. The van der Waals surface area contributed by atoms with Gasteiger partial charge < -0.3 is 15.5 Å². The van der Waals surface area contributed by atoms with E-state index in [1.807, 2.05) is 0 Å². The lowest BCUT2D eigenvalue weighted by Crippen LogP contribution is -2.61. The standard InChI is InChI=1S/C21H28F2N4O3/c1-21(2,3)6-7-24-20(30)25-12-10-27(11-12)13-8-15(22)18(16(23)9-13)14-4-5-17(28)26-19(14)29/h8-9,12,14H,4-7,10-11H2,1-3H3,(H2,24,25,30)(H,26,28,29). The van der Waals surface area contributed by atoms with E-state index in [-0.39, 0.29) is 35.9 Å². The Bertz CT molecular complexity index is 824. The van der Waals surface area contributed by atoms with Crippen LogP contribution in [0.15, 0.2) is 12.1 Å². The molecule has 0 spiro atoms. The Labute approximate surface area is 174 Å². The van der Waals surface area contributed by atoms with E-state index in [4.69, 9.17) is 0 Å². The van der Waals surface area contributed by atoms with Crippen LogP contribution in [-0.2, 0) is 9.59 Å². The number of nitrogens with one attached hydrogen (secondary N) is 3. The summed E-state index contributed by atoms with van der Waals surface area (Å²) in [5.74, 6) is -3.75. The molecule has 0 aromatic heterocycles. The SMILES string of the molecule is CC(C)(C)CCNC(=O)NC1CN(c2cc(F)c(C3CCC(=O)NC3=O)c(F)c2)C1. The molecule has 2 aliphatic heterocycles. The van der Waals surface area contributed by atoms with Crippen molar-refractivity contribution in [3.8, 4) is 0 Å². The molecule has 7 nitrogen and oxygen atoms in total. The molecule has 2 saturated heterocycles. The van der Waals surface area contributed by atoms with E-state index in [0.29, 0.717) is 25.3 Å². The van der Waals surface area contributed by atoms with Crippen molar-refractivity contribution in [3.05, 3.63) is 29.3 Å². The third-order valence-corrected chi connectivity index (χ3v) is 5.39. The molecule has 1 aromatic rings. The summed E-state index contributed by atoms with van der Waals surface area (Å²) in [6.07, 6.45) is 0.988. The number of carbonyl (C=O) groups excluding carboxylic acids is 3. The third-order valence-electron chi connectivity index (χ3n) is 5.39. The van der Waals surface area contributed by atoms with Crippen LogP contribution in [0.4, 0.5) is 19.3 Å². The fourth-order valence-corrected chi connectivity index (χ4v) is 3.62. The first-order chi connectivity index (χ1) is 14.0. The molecule has 1 atom stereocenters. The molecular formula is C21H28F2N4O3. The monoisotopic (exact) mass is 422 g/mol. The van der Waals surface area contributed by atoms with E-state index >= 15 is 0 Å². The van der Waals surface area contributed by atoms with E-state index in [1.165, 1.54) is 12.1 Å². The van der Waals surface area contributed by atoms with E-state index in [2.05, 4.69) is 36.7 Å². The summed E-state index contributed by atoms with van der Waals surface area (Å²) >= 11 is 0. The fraction of sp³-hybridized carbons (Fsp3) is 0.571. The number of imide groups is 1. The van der Waals surface area contributed by atoms with Crippen LogP contribution >= 0.6 is 0 Å². The van der Waals surface area contributed by atoms with Gasteiger partial charge in [0.15, 0.2) is 0 Å². The molecule has 0 saturated carbocycles. The Morgan fingerprint density at radius 2 is 1.83 bits per heavy atom. The van der Waals surface area contributed by atoms with Crippen molar-refractivity contribution in [2.45, 2.75) is 52.0 Å². The largest absolute Gasteiger partial charge is 0.367 e. The number of amides is 4. The van der Waals surface area contributed by atoms with Crippen molar-refractivity contribution in [1.82, 2.24) is 16.0 Å².